The maximum atomic E-state index is 11.8. The highest BCUT2D eigenvalue weighted by Gasteiger charge is 2.12. The first kappa shape index (κ1) is 14.0. The summed E-state index contributed by atoms with van der Waals surface area (Å²) in [4.78, 5) is 16.0. The summed E-state index contributed by atoms with van der Waals surface area (Å²) < 4.78 is 0. The van der Waals surface area contributed by atoms with Crippen LogP contribution < -0.4 is 5.32 Å². The van der Waals surface area contributed by atoms with Gasteiger partial charge >= 0.3 is 0 Å². The lowest BCUT2D eigenvalue weighted by Crippen LogP contribution is -2.30. The molecule has 0 spiro atoms. The minimum Gasteiger partial charge on any atom is -0.392 e. The van der Waals surface area contributed by atoms with Crippen LogP contribution in [0, 0.1) is 0 Å². The van der Waals surface area contributed by atoms with Crippen LogP contribution in [0.2, 0.25) is 5.02 Å². The molecule has 0 aliphatic rings. The lowest BCUT2D eigenvalue weighted by Gasteiger charge is -2.04. The van der Waals surface area contributed by atoms with Crippen LogP contribution in [-0.2, 0) is 0 Å². The third-order valence-electron chi connectivity index (χ3n) is 2.37. The molecule has 100 valence electrons. The number of nitrogens with zero attached hydrogens (tertiary/aromatic N) is 1. The van der Waals surface area contributed by atoms with E-state index in [0.29, 0.717) is 10.7 Å². The molecule has 0 saturated carbocycles. The molecule has 6 heteroatoms. The number of amides is 1. The van der Waals surface area contributed by atoms with Gasteiger partial charge in [0.05, 0.1) is 6.10 Å². The Labute approximate surface area is 120 Å². The van der Waals surface area contributed by atoms with Crippen LogP contribution in [0.25, 0.3) is 10.6 Å². The van der Waals surface area contributed by atoms with E-state index in [1.165, 1.54) is 11.3 Å². The van der Waals surface area contributed by atoms with Gasteiger partial charge in [0.15, 0.2) is 0 Å². The smallest absolute Gasteiger partial charge is 0.270 e. The van der Waals surface area contributed by atoms with Crippen LogP contribution in [-0.4, -0.2) is 28.6 Å². The zero-order valence-electron chi connectivity index (χ0n) is 10.3. The second kappa shape index (κ2) is 6.14. The van der Waals surface area contributed by atoms with E-state index in [0.717, 1.165) is 10.6 Å². The molecule has 0 radical (unpaired) electrons. The van der Waals surface area contributed by atoms with E-state index in [9.17, 15) is 4.79 Å². The van der Waals surface area contributed by atoms with Crippen molar-refractivity contribution in [1.29, 1.82) is 0 Å². The van der Waals surface area contributed by atoms with Crippen molar-refractivity contribution in [2.75, 3.05) is 6.54 Å². The Kier molecular flexibility index (Phi) is 4.52. The first-order valence-corrected chi connectivity index (χ1v) is 7.00. The maximum absolute atomic E-state index is 11.8. The van der Waals surface area contributed by atoms with Gasteiger partial charge in [-0.1, -0.05) is 23.7 Å². The molecule has 1 unspecified atom stereocenters. The summed E-state index contributed by atoms with van der Waals surface area (Å²) in [5.74, 6) is -0.287. The summed E-state index contributed by atoms with van der Waals surface area (Å²) in [6.45, 7) is 1.82. The van der Waals surface area contributed by atoms with Crippen LogP contribution in [0.4, 0.5) is 0 Å². The number of hydrogen-bond donors (Lipinski definition) is 2. The molecule has 1 aromatic heterocycles. The minimum absolute atomic E-state index is 0.211. The quantitative estimate of drug-likeness (QED) is 0.911. The van der Waals surface area contributed by atoms with Crippen LogP contribution in [0.1, 0.15) is 17.4 Å². The number of rotatable bonds is 4. The average Bonchev–Trinajstić information content (AvgIpc) is 2.85. The summed E-state index contributed by atoms with van der Waals surface area (Å²) in [7, 11) is 0. The molecule has 1 amide bonds. The number of nitrogens with one attached hydrogen (secondary N) is 1. The van der Waals surface area contributed by atoms with Gasteiger partial charge in [-0.15, -0.1) is 11.3 Å². The Morgan fingerprint density at radius 2 is 2.37 bits per heavy atom. The fraction of sp³-hybridized carbons (Fsp3) is 0.231. The van der Waals surface area contributed by atoms with Crippen molar-refractivity contribution in [3.63, 3.8) is 0 Å². The Bertz CT molecular complexity index is 584. The fourth-order valence-electron chi connectivity index (χ4n) is 1.46. The van der Waals surface area contributed by atoms with Crippen molar-refractivity contribution in [3.05, 3.63) is 40.4 Å². The summed E-state index contributed by atoms with van der Waals surface area (Å²) in [5, 5.41) is 14.8. The molecule has 2 aromatic rings. The van der Waals surface area contributed by atoms with Gasteiger partial charge < -0.3 is 10.4 Å². The number of aliphatic hydroxyl groups excluding tert-OH is 1. The largest absolute Gasteiger partial charge is 0.392 e. The van der Waals surface area contributed by atoms with Crippen LogP contribution >= 0.6 is 22.9 Å². The van der Waals surface area contributed by atoms with Crippen LogP contribution in [0.5, 0.6) is 0 Å². The molecule has 1 heterocycles. The molecule has 1 aromatic carbocycles. The highest BCUT2D eigenvalue weighted by molar-refractivity contribution is 7.13. The molecular weight excluding hydrogens is 284 g/mol. The molecule has 19 heavy (non-hydrogen) atoms. The van der Waals surface area contributed by atoms with Gasteiger partial charge in [0.2, 0.25) is 0 Å². The average molecular weight is 297 g/mol. The molecule has 2 rings (SSSR count). The van der Waals surface area contributed by atoms with Gasteiger partial charge in [-0.25, -0.2) is 4.98 Å². The highest BCUT2D eigenvalue weighted by atomic mass is 35.5. The summed E-state index contributed by atoms with van der Waals surface area (Å²) in [5.41, 5.74) is 1.23. The normalized spacial score (nSPS) is 12.2. The van der Waals surface area contributed by atoms with Crippen molar-refractivity contribution in [1.82, 2.24) is 10.3 Å². The Balaban J connectivity index is 2.13. The van der Waals surface area contributed by atoms with Gasteiger partial charge in [0, 0.05) is 22.5 Å². The second-order valence-electron chi connectivity index (χ2n) is 4.11. The molecule has 2 N–H and O–H groups in total. The molecule has 0 bridgehead atoms. The van der Waals surface area contributed by atoms with Crippen molar-refractivity contribution < 1.29 is 9.90 Å². The predicted octanol–water partition coefficient (Wildman–Crippen LogP) is 2.57. The number of benzene rings is 1. The van der Waals surface area contributed by atoms with Crippen molar-refractivity contribution in [2.24, 2.45) is 0 Å². The monoisotopic (exact) mass is 296 g/mol. The van der Waals surface area contributed by atoms with E-state index >= 15 is 0 Å². The number of halogens is 1. The van der Waals surface area contributed by atoms with E-state index in [1.807, 2.05) is 12.1 Å². The number of carbonyl (C=O) groups is 1. The Hall–Kier alpha value is -1.43. The van der Waals surface area contributed by atoms with Gasteiger partial charge in [-0.05, 0) is 19.1 Å². The summed E-state index contributed by atoms with van der Waals surface area (Å²) in [6.07, 6.45) is -0.574. The highest BCUT2D eigenvalue weighted by Crippen LogP contribution is 2.25. The van der Waals surface area contributed by atoms with E-state index in [-0.39, 0.29) is 12.5 Å². The lowest BCUT2D eigenvalue weighted by atomic mass is 10.2. The number of aromatic nitrogens is 1. The minimum atomic E-state index is -0.574. The van der Waals surface area contributed by atoms with E-state index in [4.69, 9.17) is 16.7 Å². The van der Waals surface area contributed by atoms with Gasteiger partial charge in [-0.3, -0.25) is 4.79 Å². The molecule has 0 saturated heterocycles. The van der Waals surface area contributed by atoms with Crippen molar-refractivity contribution in [2.45, 2.75) is 13.0 Å². The van der Waals surface area contributed by atoms with Crippen molar-refractivity contribution in [3.8, 4) is 10.6 Å². The van der Waals surface area contributed by atoms with Crippen LogP contribution in [0.3, 0.4) is 0 Å². The number of aliphatic hydroxyl groups is 1. The third-order valence-corrected chi connectivity index (χ3v) is 3.49. The van der Waals surface area contributed by atoms with E-state index in [1.54, 1.807) is 24.4 Å². The third kappa shape index (κ3) is 3.76. The van der Waals surface area contributed by atoms with Gasteiger partial charge in [0.1, 0.15) is 10.7 Å². The predicted molar refractivity (Wildman–Crippen MR) is 76.6 cm³/mol. The number of hydrogen-bond acceptors (Lipinski definition) is 4. The van der Waals surface area contributed by atoms with Crippen LogP contribution in [0.15, 0.2) is 29.6 Å². The van der Waals surface area contributed by atoms with E-state index in [2.05, 4.69) is 10.3 Å². The van der Waals surface area contributed by atoms with Gasteiger partial charge in [-0.2, -0.15) is 0 Å². The Morgan fingerprint density at radius 1 is 1.58 bits per heavy atom. The molecule has 0 aliphatic carbocycles. The van der Waals surface area contributed by atoms with Gasteiger partial charge in [0.25, 0.3) is 5.91 Å². The molecule has 0 aliphatic heterocycles. The topological polar surface area (TPSA) is 62.2 Å². The zero-order chi connectivity index (χ0) is 13.8. The number of carbonyl (C=O) groups excluding carboxylic acids is 1. The summed E-state index contributed by atoms with van der Waals surface area (Å²) >= 11 is 7.30. The molecular formula is C13H13ClN2O2S. The molecule has 0 fully saturated rings. The first-order chi connectivity index (χ1) is 9.06. The number of thiazole rings is 1. The molecule has 1 atom stereocenters. The Morgan fingerprint density at radius 3 is 3.05 bits per heavy atom. The zero-order valence-corrected chi connectivity index (χ0v) is 11.8. The lowest BCUT2D eigenvalue weighted by molar-refractivity contribution is 0.0920. The standard InChI is InChI=1S/C13H13ClN2O2S/c1-8(17)6-15-12(18)11-7-19-13(16-11)9-3-2-4-10(14)5-9/h2-5,7-8,17H,6H2,1H3,(H,15,18). The van der Waals surface area contributed by atoms with E-state index < -0.39 is 6.10 Å². The summed E-state index contributed by atoms with van der Waals surface area (Å²) in [6, 6.07) is 7.32. The second-order valence-corrected chi connectivity index (χ2v) is 5.40. The molecule has 4 nitrogen and oxygen atoms in total. The first-order valence-electron chi connectivity index (χ1n) is 5.74. The SMILES string of the molecule is CC(O)CNC(=O)c1csc(-c2cccc(Cl)c2)n1. The van der Waals surface area contributed by atoms with Crippen molar-refractivity contribution >= 4 is 28.8 Å². The maximum Gasteiger partial charge on any atom is 0.270 e. The fourth-order valence-corrected chi connectivity index (χ4v) is 2.45.